The third kappa shape index (κ3) is 7.24. The Morgan fingerprint density at radius 2 is 2.07 bits per heavy atom. The summed E-state index contributed by atoms with van der Waals surface area (Å²) in [6, 6.07) is 8.46. The monoisotopic (exact) mass is 568 g/mol. The van der Waals surface area contributed by atoms with Crippen molar-refractivity contribution in [2.24, 2.45) is 16.3 Å². The number of guanidine groups is 1. The first kappa shape index (κ1) is 25.7. The molecule has 1 aromatic carbocycles. The predicted molar refractivity (Wildman–Crippen MR) is 136 cm³/mol. The summed E-state index contributed by atoms with van der Waals surface area (Å²) in [5, 5.41) is 7.59. The molecular formula is C21H34ClIN4O2S. The molecule has 0 radical (unpaired) electrons. The molecule has 2 fully saturated rings. The first-order valence-electron chi connectivity index (χ1n) is 10.3. The van der Waals surface area contributed by atoms with Gasteiger partial charge in [-0.25, -0.2) is 8.42 Å². The average Bonchev–Trinajstić information content (AvgIpc) is 3.39. The van der Waals surface area contributed by atoms with Crippen molar-refractivity contribution < 1.29 is 8.42 Å². The molecule has 1 aliphatic heterocycles. The molecule has 0 amide bonds. The van der Waals surface area contributed by atoms with E-state index in [2.05, 4.69) is 39.7 Å². The number of benzene rings is 1. The maximum Gasteiger partial charge on any atom is 0.191 e. The Labute approximate surface area is 203 Å². The lowest BCUT2D eigenvalue weighted by molar-refractivity contribution is 0.122. The Morgan fingerprint density at radius 1 is 1.33 bits per heavy atom. The molecular weight excluding hydrogens is 535 g/mol. The molecule has 6 nitrogen and oxygen atoms in total. The van der Waals surface area contributed by atoms with E-state index in [1.54, 1.807) is 7.05 Å². The van der Waals surface area contributed by atoms with Crippen molar-refractivity contribution in [2.45, 2.75) is 31.7 Å². The van der Waals surface area contributed by atoms with Gasteiger partial charge in [-0.05, 0) is 62.9 Å². The minimum absolute atomic E-state index is 0. The molecule has 9 heteroatoms. The van der Waals surface area contributed by atoms with Crippen molar-refractivity contribution in [2.75, 3.05) is 45.7 Å². The van der Waals surface area contributed by atoms with Crippen molar-refractivity contribution in [1.82, 2.24) is 15.5 Å². The molecule has 1 aliphatic carbocycles. The van der Waals surface area contributed by atoms with Crippen LogP contribution in [-0.4, -0.2) is 65.0 Å². The number of likely N-dealkylation sites (tertiary alicyclic amines) is 1. The third-order valence-corrected chi connectivity index (χ3v) is 7.48. The van der Waals surface area contributed by atoms with Crippen molar-refractivity contribution in [3.8, 4) is 0 Å². The largest absolute Gasteiger partial charge is 0.356 e. The molecule has 2 unspecified atom stereocenters. The smallest absolute Gasteiger partial charge is 0.191 e. The number of nitrogens with zero attached hydrogens (tertiary/aromatic N) is 2. The fourth-order valence-electron chi connectivity index (χ4n) is 4.52. The average molecular weight is 569 g/mol. The van der Waals surface area contributed by atoms with Crippen LogP contribution in [0.5, 0.6) is 0 Å². The molecule has 30 heavy (non-hydrogen) atoms. The van der Waals surface area contributed by atoms with Crippen molar-refractivity contribution in [3.63, 3.8) is 0 Å². The quantitative estimate of drug-likeness (QED) is 0.300. The highest BCUT2D eigenvalue weighted by atomic mass is 127. The number of nitrogens with one attached hydrogen (secondary N) is 2. The van der Waals surface area contributed by atoms with Crippen LogP contribution in [-0.2, 0) is 9.84 Å². The van der Waals surface area contributed by atoms with Crippen LogP contribution in [0.3, 0.4) is 0 Å². The molecule has 2 aliphatic rings. The van der Waals surface area contributed by atoms with Crippen LogP contribution in [0.15, 0.2) is 29.3 Å². The van der Waals surface area contributed by atoms with E-state index in [0.717, 1.165) is 43.3 Å². The highest BCUT2D eigenvalue weighted by Gasteiger charge is 2.45. The van der Waals surface area contributed by atoms with E-state index in [1.165, 1.54) is 18.2 Å². The van der Waals surface area contributed by atoms with Crippen LogP contribution in [0.2, 0.25) is 5.02 Å². The molecule has 3 rings (SSSR count). The van der Waals surface area contributed by atoms with Gasteiger partial charge in [0.1, 0.15) is 9.84 Å². The molecule has 1 heterocycles. The van der Waals surface area contributed by atoms with Crippen LogP contribution in [0, 0.1) is 11.3 Å². The molecule has 0 aromatic heterocycles. The lowest BCUT2D eigenvalue weighted by atomic mass is 9.85. The van der Waals surface area contributed by atoms with Crippen molar-refractivity contribution >= 4 is 51.4 Å². The maximum absolute atomic E-state index is 11.7. The standard InChI is InChI=1S/C21H33ClN4O2S.HI/c1-23-20(25-14-21(9-10-21)15-29(3,27)28)24-13-17-7-5-11-26(2)19(17)16-6-4-8-18(22)12-16;/h4,6,8,12,17,19H,5,7,9-11,13-15H2,1-3H3,(H2,23,24,25);1H. The van der Waals surface area contributed by atoms with Crippen molar-refractivity contribution in [3.05, 3.63) is 34.9 Å². The number of halogens is 2. The zero-order chi connectivity index (χ0) is 21.1. The molecule has 2 N–H and O–H groups in total. The van der Waals surface area contributed by atoms with Gasteiger partial charge in [-0.1, -0.05) is 23.7 Å². The molecule has 1 saturated carbocycles. The van der Waals surface area contributed by atoms with Crippen LogP contribution in [0.4, 0.5) is 0 Å². The number of hydrogen-bond acceptors (Lipinski definition) is 4. The van der Waals surface area contributed by atoms with Gasteiger partial charge in [0.2, 0.25) is 0 Å². The third-order valence-electron chi connectivity index (χ3n) is 6.11. The molecule has 1 aromatic rings. The second-order valence-corrected chi connectivity index (χ2v) is 11.3. The Hall–Kier alpha value is -0.580. The van der Waals surface area contributed by atoms with Gasteiger partial charge in [0, 0.05) is 42.9 Å². The SMILES string of the molecule is CN=C(NCC1CCCN(C)C1c1cccc(Cl)c1)NCC1(CS(C)(=O)=O)CC1.I. The van der Waals surface area contributed by atoms with Gasteiger partial charge < -0.3 is 10.6 Å². The van der Waals surface area contributed by atoms with Gasteiger partial charge in [-0.2, -0.15) is 0 Å². The number of hydrogen-bond donors (Lipinski definition) is 2. The van der Waals surface area contributed by atoms with E-state index in [4.69, 9.17) is 11.6 Å². The molecule has 0 spiro atoms. The van der Waals surface area contributed by atoms with Crippen LogP contribution in [0.25, 0.3) is 0 Å². The summed E-state index contributed by atoms with van der Waals surface area (Å²) >= 11 is 6.24. The van der Waals surface area contributed by atoms with Gasteiger partial charge in [-0.15, -0.1) is 24.0 Å². The normalized spacial score (nSPS) is 24.1. The fourth-order valence-corrected chi connectivity index (χ4v) is 6.22. The summed E-state index contributed by atoms with van der Waals surface area (Å²) < 4.78 is 23.3. The second kappa shape index (κ2) is 10.8. The van der Waals surface area contributed by atoms with E-state index in [-0.39, 0.29) is 35.1 Å². The minimum Gasteiger partial charge on any atom is -0.356 e. The van der Waals surface area contributed by atoms with Crippen LogP contribution < -0.4 is 10.6 Å². The first-order chi connectivity index (χ1) is 13.7. The van der Waals surface area contributed by atoms with E-state index < -0.39 is 9.84 Å². The van der Waals surface area contributed by atoms with Gasteiger partial charge in [-0.3, -0.25) is 9.89 Å². The van der Waals surface area contributed by atoms with Crippen molar-refractivity contribution in [1.29, 1.82) is 0 Å². The number of aliphatic imine (C=N–C) groups is 1. The van der Waals surface area contributed by atoms with Crippen LogP contribution >= 0.6 is 35.6 Å². The lowest BCUT2D eigenvalue weighted by Crippen LogP contribution is -2.46. The number of rotatable bonds is 7. The topological polar surface area (TPSA) is 73.8 Å². The molecule has 0 bridgehead atoms. The van der Waals surface area contributed by atoms with Gasteiger partial charge in [0.25, 0.3) is 0 Å². The Morgan fingerprint density at radius 3 is 2.67 bits per heavy atom. The summed E-state index contributed by atoms with van der Waals surface area (Å²) in [4.78, 5) is 6.75. The summed E-state index contributed by atoms with van der Waals surface area (Å²) in [6.07, 6.45) is 5.53. The zero-order valence-corrected chi connectivity index (χ0v) is 21.9. The van der Waals surface area contributed by atoms with Gasteiger partial charge >= 0.3 is 0 Å². The van der Waals surface area contributed by atoms with E-state index in [0.29, 0.717) is 18.5 Å². The number of sulfone groups is 1. The maximum atomic E-state index is 11.7. The summed E-state index contributed by atoms with van der Waals surface area (Å²) in [5.74, 6) is 1.42. The molecule has 170 valence electrons. The zero-order valence-electron chi connectivity index (χ0n) is 18.0. The van der Waals surface area contributed by atoms with E-state index in [1.807, 2.05) is 12.1 Å². The highest BCUT2D eigenvalue weighted by Crippen LogP contribution is 2.46. The first-order valence-corrected chi connectivity index (χ1v) is 12.7. The summed E-state index contributed by atoms with van der Waals surface area (Å²) in [5.41, 5.74) is 1.12. The fraction of sp³-hybridized carbons (Fsp3) is 0.667. The summed E-state index contributed by atoms with van der Waals surface area (Å²) in [6.45, 7) is 2.52. The second-order valence-electron chi connectivity index (χ2n) is 8.76. The Balaban J connectivity index is 0.00000320. The van der Waals surface area contributed by atoms with Crippen LogP contribution in [0.1, 0.15) is 37.3 Å². The van der Waals surface area contributed by atoms with Gasteiger partial charge in [0.05, 0.1) is 5.75 Å². The Bertz CT molecular complexity index is 845. The van der Waals surface area contributed by atoms with E-state index in [9.17, 15) is 8.42 Å². The molecule has 1 saturated heterocycles. The number of piperidine rings is 1. The predicted octanol–water partition coefficient (Wildman–Crippen LogP) is 3.33. The highest BCUT2D eigenvalue weighted by molar-refractivity contribution is 14.0. The minimum atomic E-state index is -2.97. The van der Waals surface area contributed by atoms with Gasteiger partial charge in [0.15, 0.2) is 5.96 Å². The lowest BCUT2D eigenvalue weighted by Gasteiger charge is -2.40. The van der Waals surface area contributed by atoms with E-state index >= 15 is 0 Å². The summed E-state index contributed by atoms with van der Waals surface area (Å²) in [7, 11) is 0.963. The Kier molecular flexibility index (Phi) is 9.27. The molecule has 2 atom stereocenters.